The molecule has 0 bridgehead atoms. The molecular formula is C19H17BrN2O6. The molecule has 1 atom stereocenters. The van der Waals surface area contributed by atoms with E-state index in [2.05, 4.69) is 20.9 Å². The minimum Gasteiger partial charge on any atom is -0.504 e. The summed E-state index contributed by atoms with van der Waals surface area (Å²) < 4.78 is 11.7. The molecule has 0 aliphatic rings. The summed E-state index contributed by atoms with van der Waals surface area (Å²) in [5.41, 5.74) is 0.0651. The van der Waals surface area contributed by atoms with Gasteiger partial charge in [0.2, 0.25) is 5.88 Å². The number of phenolic OH excluding ortho intramolecular Hbond substituents is 1. The molecule has 146 valence electrons. The number of benzene rings is 1. The molecule has 0 saturated carbocycles. The predicted molar refractivity (Wildman–Crippen MR) is 104 cm³/mol. The molecule has 0 radical (unpaired) electrons. The molecule has 28 heavy (non-hydrogen) atoms. The average molecular weight is 449 g/mol. The maximum Gasteiger partial charge on any atom is 0.306 e. The fourth-order valence-electron chi connectivity index (χ4n) is 2.98. The summed E-state index contributed by atoms with van der Waals surface area (Å²) in [5, 5.41) is 20.6. The standard InChI is InChI=1S/C19H17BrN2O6/c1-27-14-5-3-10(7-13(14)23)12(8-16(24)28-2)17-18(25)21-15-6-4-11(20)9-22(15)19(17)26/h3-7,9,12,23,25H,8H2,1-2H3/t12-/m1/s1. The summed E-state index contributed by atoms with van der Waals surface area (Å²) in [4.78, 5) is 29.2. The molecule has 0 unspecified atom stereocenters. The van der Waals surface area contributed by atoms with Crippen molar-refractivity contribution in [1.29, 1.82) is 0 Å². The number of aromatic hydroxyl groups is 2. The Hall–Kier alpha value is -3.07. The number of fused-ring (bicyclic) bond motifs is 1. The lowest BCUT2D eigenvalue weighted by Crippen LogP contribution is -2.24. The van der Waals surface area contributed by atoms with Crippen molar-refractivity contribution in [3.63, 3.8) is 0 Å². The van der Waals surface area contributed by atoms with Gasteiger partial charge in [-0.25, -0.2) is 0 Å². The van der Waals surface area contributed by atoms with Gasteiger partial charge in [0.25, 0.3) is 5.56 Å². The number of hydrogen-bond acceptors (Lipinski definition) is 7. The van der Waals surface area contributed by atoms with Crippen molar-refractivity contribution in [2.24, 2.45) is 0 Å². The molecule has 0 aliphatic carbocycles. The summed E-state index contributed by atoms with van der Waals surface area (Å²) >= 11 is 3.30. The summed E-state index contributed by atoms with van der Waals surface area (Å²) in [6, 6.07) is 7.74. The van der Waals surface area contributed by atoms with Gasteiger partial charge >= 0.3 is 5.97 Å². The summed E-state index contributed by atoms with van der Waals surface area (Å²) in [6.07, 6.45) is 1.29. The molecule has 2 heterocycles. The van der Waals surface area contributed by atoms with Gasteiger partial charge in [0.15, 0.2) is 11.5 Å². The fraction of sp³-hybridized carbons (Fsp3) is 0.211. The molecule has 0 aliphatic heterocycles. The van der Waals surface area contributed by atoms with E-state index < -0.39 is 23.3 Å². The van der Waals surface area contributed by atoms with E-state index in [1.54, 1.807) is 18.2 Å². The molecule has 1 aromatic carbocycles. The Morgan fingerprint density at radius 3 is 2.64 bits per heavy atom. The third kappa shape index (κ3) is 3.65. The molecular weight excluding hydrogens is 432 g/mol. The van der Waals surface area contributed by atoms with Gasteiger partial charge in [0.05, 0.1) is 26.2 Å². The van der Waals surface area contributed by atoms with Crippen LogP contribution in [-0.2, 0) is 9.53 Å². The van der Waals surface area contributed by atoms with Crippen molar-refractivity contribution in [2.75, 3.05) is 14.2 Å². The van der Waals surface area contributed by atoms with Crippen molar-refractivity contribution < 1.29 is 24.5 Å². The molecule has 0 spiro atoms. The number of hydrogen-bond donors (Lipinski definition) is 2. The molecule has 3 aromatic rings. The highest BCUT2D eigenvalue weighted by molar-refractivity contribution is 9.10. The van der Waals surface area contributed by atoms with Gasteiger partial charge in [0.1, 0.15) is 5.65 Å². The first-order chi connectivity index (χ1) is 13.3. The number of methoxy groups -OCH3 is 2. The number of aromatic nitrogens is 2. The van der Waals surface area contributed by atoms with Crippen LogP contribution in [0.1, 0.15) is 23.5 Å². The highest BCUT2D eigenvalue weighted by atomic mass is 79.9. The van der Waals surface area contributed by atoms with E-state index in [4.69, 9.17) is 9.47 Å². The van der Waals surface area contributed by atoms with Gasteiger partial charge in [-0.05, 0) is 45.8 Å². The van der Waals surface area contributed by atoms with Gasteiger partial charge in [-0.3, -0.25) is 14.0 Å². The van der Waals surface area contributed by atoms with Crippen molar-refractivity contribution in [2.45, 2.75) is 12.3 Å². The Balaban J connectivity index is 2.25. The van der Waals surface area contributed by atoms with Crippen molar-refractivity contribution in [3.05, 3.63) is 62.5 Å². The van der Waals surface area contributed by atoms with E-state index in [0.717, 1.165) is 0 Å². The summed E-state index contributed by atoms with van der Waals surface area (Å²) in [6.45, 7) is 0. The molecule has 9 heteroatoms. The van der Waals surface area contributed by atoms with Crippen molar-refractivity contribution >= 4 is 27.5 Å². The van der Waals surface area contributed by atoms with Gasteiger partial charge in [-0.15, -0.1) is 0 Å². The number of carbonyl (C=O) groups is 1. The van der Waals surface area contributed by atoms with E-state index in [1.807, 2.05) is 0 Å². The monoisotopic (exact) mass is 448 g/mol. The smallest absolute Gasteiger partial charge is 0.306 e. The first kappa shape index (κ1) is 19.7. The maximum absolute atomic E-state index is 13.1. The molecule has 2 N–H and O–H groups in total. The zero-order chi connectivity index (χ0) is 20.4. The van der Waals surface area contributed by atoms with E-state index in [1.165, 1.54) is 36.9 Å². The normalized spacial score (nSPS) is 12.0. The maximum atomic E-state index is 13.1. The van der Waals surface area contributed by atoms with Crippen molar-refractivity contribution in [3.8, 4) is 17.4 Å². The molecule has 0 saturated heterocycles. The van der Waals surface area contributed by atoms with E-state index >= 15 is 0 Å². The largest absolute Gasteiger partial charge is 0.504 e. The first-order valence-corrected chi connectivity index (χ1v) is 8.99. The molecule has 3 rings (SSSR count). The second kappa shape index (κ2) is 7.89. The van der Waals surface area contributed by atoms with Gasteiger partial charge in [0, 0.05) is 16.6 Å². The number of nitrogens with zero attached hydrogens (tertiary/aromatic N) is 2. The fourth-order valence-corrected chi connectivity index (χ4v) is 3.32. The predicted octanol–water partition coefficient (Wildman–Crippen LogP) is 2.57. The third-order valence-electron chi connectivity index (χ3n) is 4.35. The van der Waals surface area contributed by atoms with Crippen LogP contribution in [0, 0.1) is 0 Å². The van der Waals surface area contributed by atoms with E-state index in [-0.39, 0.29) is 29.1 Å². The van der Waals surface area contributed by atoms with Crippen LogP contribution < -0.4 is 10.3 Å². The molecule has 8 nitrogen and oxygen atoms in total. The van der Waals surface area contributed by atoms with Crippen LogP contribution in [0.4, 0.5) is 0 Å². The second-order valence-corrected chi connectivity index (χ2v) is 6.91. The first-order valence-electron chi connectivity index (χ1n) is 8.20. The Kier molecular flexibility index (Phi) is 5.55. The minimum atomic E-state index is -0.889. The second-order valence-electron chi connectivity index (χ2n) is 5.99. The lowest BCUT2D eigenvalue weighted by Gasteiger charge is -2.18. The highest BCUT2D eigenvalue weighted by Gasteiger charge is 2.27. The summed E-state index contributed by atoms with van der Waals surface area (Å²) in [7, 11) is 2.64. The number of rotatable bonds is 5. The van der Waals surface area contributed by atoms with Crippen LogP contribution in [0.3, 0.4) is 0 Å². The summed E-state index contributed by atoms with van der Waals surface area (Å²) in [5.74, 6) is -1.89. The minimum absolute atomic E-state index is 0.0782. The number of carbonyl (C=O) groups excluding carboxylic acids is 1. The third-order valence-corrected chi connectivity index (χ3v) is 4.82. The molecule has 0 fully saturated rings. The van der Waals surface area contributed by atoms with E-state index in [9.17, 15) is 19.8 Å². The number of esters is 1. The topological polar surface area (TPSA) is 110 Å². The van der Waals surface area contributed by atoms with Crippen LogP contribution in [0.2, 0.25) is 0 Å². The molecule has 2 aromatic heterocycles. The Bertz CT molecular complexity index is 1110. The van der Waals surface area contributed by atoms with Gasteiger partial charge in [-0.1, -0.05) is 6.07 Å². The van der Waals surface area contributed by atoms with Crippen LogP contribution in [-0.4, -0.2) is 39.8 Å². The number of halogens is 1. The van der Waals surface area contributed by atoms with Crippen LogP contribution in [0.5, 0.6) is 17.4 Å². The quantitative estimate of drug-likeness (QED) is 0.576. The zero-order valence-corrected chi connectivity index (χ0v) is 16.6. The highest BCUT2D eigenvalue weighted by Crippen LogP contribution is 2.36. The Labute approximate surface area is 168 Å². The molecule has 0 amide bonds. The van der Waals surface area contributed by atoms with Crippen molar-refractivity contribution in [1.82, 2.24) is 9.38 Å². The zero-order valence-electron chi connectivity index (χ0n) is 15.0. The van der Waals surface area contributed by atoms with E-state index in [0.29, 0.717) is 10.0 Å². The van der Waals surface area contributed by atoms with Gasteiger partial charge in [-0.2, -0.15) is 4.98 Å². The number of pyridine rings is 1. The number of phenols is 1. The van der Waals surface area contributed by atoms with Crippen LogP contribution in [0.15, 0.2) is 45.8 Å². The van der Waals surface area contributed by atoms with Crippen LogP contribution >= 0.6 is 15.9 Å². The SMILES string of the molecule is COC(=O)C[C@H](c1ccc(OC)c(O)c1)c1c(O)nc2ccc(Br)cn2c1=O. The van der Waals surface area contributed by atoms with Gasteiger partial charge < -0.3 is 19.7 Å². The lowest BCUT2D eigenvalue weighted by molar-refractivity contribution is -0.140. The average Bonchev–Trinajstić information content (AvgIpc) is 2.67. The number of ether oxygens (including phenoxy) is 2. The Morgan fingerprint density at radius 2 is 2.00 bits per heavy atom. The lowest BCUT2D eigenvalue weighted by atomic mass is 9.89. The van der Waals surface area contributed by atoms with Crippen LogP contribution in [0.25, 0.3) is 5.65 Å². The Morgan fingerprint density at radius 1 is 1.25 bits per heavy atom.